The standard InChI is InChI=1S/C12H17F2NO5/c1-11(2,3)20-10(18)15-8(7-5-4-6-19-7)12(13,14)9(16)17/h5,8H,4,6H2,1-3H3,(H,15,18)(H,16,17). The fourth-order valence-electron chi connectivity index (χ4n) is 1.53. The van der Waals surface area contributed by atoms with Gasteiger partial charge in [0.2, 0.25) is 0 Å². The summed E-state index contributed by atoms with van der Waals surface area (Å²) in [7, 11) is 0. The summed E-state index contributed by atoms with van der Waals surface area (Å²) >= 11 is 0. The lowest BCUT2D eigenvalue weighted by molar-refractivity contribution is -0.168. The van der Waals surface area contributed by atoms with Crippen molar-refractivity contribution in [1.82, 2.24) is 5.32 Å². The van der Waals surface area contributed by atoms with Crippen LogP contribution in [0.2, 0.25) is 0 Å². The van der Waals surface area contributed by atoms with E-state index in [-0.39, 0.29) is 12.4 Å². The summed E-state index contributed by atoms with van der Waals surface area (Å²) in [5.41, 5.74) is -0.891. The first-order chi connectivity index (χ1) is 9.04. The fraction of sp³-hybridized carbons (Fsp3) is 0.667. The first-order valence-electron chi connectivity index (χ1n) is 5.97. The molecule has 8 heteroatoms. The van der Waals surface area contributed by atoms with Gasteiger partial charge in [0.15, 0.2) is 6.04 Å². The van der Waals surface area contributed by atoms with Crippen molar-refractivity contribution >= 4 is 12.1 Å². The molecule has 6 nitrogen and oxygen atoms in total. The van der Waals surface area contributed by atoms with E-state index in [4.69, 9.17) is 14.6 Å². The summed E-state index contributed by atoms with van der Waals surface area (Å²) in [6, 6.07) is -2.10. The highest BCUT2D eigenvalue weighted by molar-refractivity contribution is 5.79. The van der Waals surface area contributed by atoms with Crippen LogP contribution in [0.5, 0.6) is 0 Å². The van der Waals surface area contributed by atoms with Crippen molar-refractivity contribution in [3.63, 3.8) is 0 Å². The second-order valence-corrected chi connectivity index (χ2v) is 5.25. The quantitative estimate of drug-likeness (QED) is 0.827. The summed E-state index contributed by atoms with van der Waals surface area (Å²) < 4.78 is 37.1. The van der Waals surface area contributed by atoms with Gasteiger partial charge in [0.25, 0.3) is 0 Å². The molecular weight excluding hydrogens is 276 g/mol. The highest BCUT2D eigenvalue weighted by Gasteiger charge is 2.52. The smallest absolute Gasteiger partial charge is 0.408 e. The van der Waals surface area contributed by atoms with E-state index in [9.17, 15) is 18.4 Å². The van der Waals surface area contributed by atoms with E-state index in [1.54, 1.807) is 20.8 Å². The molecular formula is C12H17F2NO5. The zero-order valence-electron chi connectivity index (χ0n) is 11.4. The van der Waals surface area contributed by atoms with Crippen LogP contribution < -0.4 is 5.32 Å². The Bertz CT molecular complexity index is 428. The zero-order valence-corrected chi connectivity index (χ0v) is 11.4. The number of alkyl halides is 2. The van der Waals surface area contributed by atoms with Gasteiger partial charge in [-0.1, -0.05) is 0 Å². The van der Waals surface area contributed by atoms with Gasteiger partial charge >= 0.3 is 18.0 Å². The number of ether oxygens (including phenoxy) is 2. The minimum Gasteiger partial charge on any atom is -0.495 e. The molecule has 0 fully saturated rings. The Morgan fingerprint density at radius 3 is 2.45 bits per heavy atom. The van der Waals surface area contributed by atoms with E-state index < -0.39 is 29.6 Å². The molecule has 0 saturated heterocycles. The predicted molar refractivity (Wildman–Crippen MR) is 64.4 cm³/mol. The number of carbonyl (C=O) groups is 2. The minimum atomic E-state index is -4.20. The van der Waals surface area contributed by atoms with E-state index in [0.29, 0.717) is 6.42 Å². The molecule has 20 heavy (non-hydrogen) atoms. The maximum atomic E-state index is 13.7. The highest BCUT2D eigenvalue weighted by atomic mass is 19.3. The first-order valence-corrected chi connectivity index (χ1v) is 5.97. The van der Waals surface area contributed by atoms with Crippen molar-refractivity contribution in [3.05, 3.63) is 11.8 Å². The Morgan fingerprint density at radius 1 is 1.45 bits per heavy atom. The largest absolute Gasteiger partial charge is 0.495 e. The van der Waals surface area contributed by atoms with Gasteiger partial charge in [-0.2, -0.15) is 8.78 Å². The average molecular weight is 293 g/mol. The van der Waals surface area contributed by atoms with Crippen LogP contribution in [0.25, 0.3) is 0 Å². The van der Waals surface area contributed by atoms with Crippen LogP contribution >= 0.6 is 0 Å². The summed E-state index contributed by atoms with van der Waals surface area (Å²) in [5.74, 6) is -6.83. The van der Waals surface area contributed by atoms with Gasteiger partial charge < -0.3 is 19.9 Å². The Morgan fingerprint density at radius 2 is 2.05 bits per heavy atom. The lowest BCUT2D eigenvalue weighted by Crippen LogP contribution is -2.54. The molecule has 0 aromatic rings. The third-order valence-corrected chi connectivity index (χ3v) is 2.33. The third-order valence-electron chi connectivity index (χ3n) is 2.33. The maximum Gasteiger partial charge on any atom is 0.408 e. The van der Waals surface area contributed by atoms with Crippen LogP contribution in [0.1, 0.15) is 27.2 Å². The topological polar surface area (TPSA) is 84.9 Å². The molecule has 0 aliphatic carbocycles. The van der Waals surface area contributed by atoms with Crippen molar-refractivity contribution in [2.45, 2.75) is 44.8 Å². The summed E-state index contributed by atoms with van der Waals surface area (Å²) in [6.07, 6.45) is 0.552. The molecule has 1 unspecified atom stereocenters. The van der Waals surface area contributed by atoms with Gasteiger partial charge in [-0.3, -0.25) is 0 Å². The average Bonchev–Trinajstić information content (AvgIpc) is 2.75. The van der Waals surface area contributed by atoms with Crippen molar-refractivity contribution in [2.24, 2.45) is 0 Å². The Balaban J connectivity index is 2.90. The third kappa shape index (κ3) is 4.07. The summed E-state index contributed by atoms with van der Waals surface area (Å²) in [5, 5.41) is 10.4. The summed E-state index contributed by atoms with van der Waals surface area (Å²) in [6.45, 7) is 4.84. The van der Waals surface area contributed by atoms with E-state index in [1.165, 1.54) is 6.08 Å². The van der Waals surface area contributed by atoms with Crippen molar-refractivity contribution in [1.29, 1.82) is 0 Å². The molecule has 114 valence electrons. The predicted octanol–water partition coefficient (Wildman–Crippen LogP) is 1.90. The molecule has 1 aliphatic rings. The molecule has 2 N–H and O–H groups in total. The van der Waals surface area contributed by atoms with Crippen LogP contribution in [0, 0.1) is 0 Å². The first kappa shape index (κ1) is 16.2. The van der Waals surface area contributed by atoms with E-state index >= 15 is 0 Å². The van der Waals surface area contributed by atoms with Crippen LogP contribution in [-0.2, 0) is 14.3 Å². The number of alkyl carbamates (subject to hydrolysis) is 1. The molecule has 0 aromatic heterocycles. The van der Waals surface area contributed by atoms with Crippen LogP contribution in [0.3, 0.4) is 0 Å². The molecule has 0 saturated carbocycles. The van der Waals surface area contributed by atoms with Crippen LogP contribution in [-0.4, -0.2) is 41.3 Å². The SMILES string of the molecule is CC(C)(C)OC(=O)NC(C1=CCCO1)C(F)(F)C(=O)O. The molecule has 0 spiro atoms. The number of aliphatic carboxylic acids is 1. The van der Waals surface area contributed by atoms with E-state index in [2.05, 4.69) is 0 Å². The number of nitrogens with one attached hydrogen (secondary N) is 1. The van der Waals surface area contributed by atoms with E-state index in [1.807, 2.05) is 5.32 Å². The Labute approximate surface area is 114 Å². The van der Waals surface area contributed by atoms with Crippen molar-refractivity contribution in [3.8, 4) is 0 Å². The van der Waals surface area contributed by atoms with Gasteiger partial charge in [0.05, 0.1) is 6.61 Å². The van der Waals surface area contributed by atoms with Crippen LogP contribution in [0.15, 0.2) is 11.8 Å². The number of carboxylic acids is 1. The molecule has 0 aromatic carbocycles. The zero-order chi connectivity index (χ0) is 15.6. The van der Waals surface area contributed by atoms with Crippen LogP contribution in [0.4, 0.5) is 13.6 Å². The minimum absolute atomic E-state index is 0.164. The number of halogens is 2. The normalized spacial score (nSPS) is 16.9. The maximum absolute atomic E-state index is 13.7. The highest BCUT2D eigenvalue weighted by Crippen LogP contribution is 2.28. The molecule has 1 rings (SSSR count). The fourth-order valence-corrected chi connectivity index (χ4v) is 1.53. The number of rotatable bonds is 4. The summed E-state index contributed by atoms with van der Waals surface area (Å²) in [4.78, 5) is 22.2. The number of carbonyl (C=O) groups excluding carboxylic acids is 1. The second-order valence-electron chi connectivity index (χ2n) is 5.25. The Kier molecular flexibility index (Phi) is 4.57. The monoisotopic (exact) mass is 293 g/mol. The van der Waals surface area contributed by atoms with Crippen molar-refractivity contribution in [2.75, 3.05) is 6.61 Å². The second kappa shape index (κ2) is 5.64. The van der Waals surface area contributed by atoms with Gasteiger partial charge in [-0.25, -0.2) is 9.59 Å². The van der Waals surface area contributed by atoms with Gasteiger partial charge in [0.1, 0.15) is 11.4 Å². The Hall–Kier alpha value is -1.86. The number of hydrogen-bond acceptors (Lipinski definition) is 4. The molecule has 0 bridgehead atoms. The lowest BCUT2D eigenvalue weighted by atomic mass is 10.1. The van der Waals surface area contributed by atoms with E-state index in [0.717, 1.165) is 0 Å². The van der Waals surface area contributed by atoms with Gasteiger partial charge in [0, 0.05) is 6.42 Å². The van der Waals surface area contributed by atoms with Gasteiger partial charge in [-0.15, -0.1) is 0 Å². The number of amides is 1. The number of hydrogen-bond donors (Lipinski definition) is 2. The van der Waals surface area contributed by atoms with Gasteiger partial charge in [-0.05, 0) is 26.8 Å². The van der Waals surface area contributed by atoms with Crippen molar-refractivity contribution < 1.29 is 33.0 Å². The number of carboxylic acid groups (broad SMARTS) is 1. The molecule has 1 aliphatic heterocycles. The molecule has 1 amide bonds. The molecule has 0 radical (unpaired) electrons. The lowest BCUT2D eigenvalue weighted by Gasteiger charge is -2.27. The molecule has 1 atom stereocenters. The molecule has 1 heterocycles.